The summed E-state index contributed by atoms with van der Waals surface area (Å²) >= 11 is 0. The summed E-state index contributed by atoms with van der Waals surface area (Å²) in [5.41, 5.74) is 1.10. The van der Waals surface area contributed by atoms with E-state index >= 15 is 0 Å². The number of rotatable bonds is 4. The average Bonchev–Trinajstić information content (AvgIpc) is 2.05. The molecular weight excluding hydrogens is 146 g/mol. The van der Waals surface area contributed by atoms with E-state index in [1.54, 1.807) is 0 Å². The molecule has 1 aliphatic carbocycles. The summed E-state index contributed by atoms with van der Waals surface area (Å²) in [6.07, 6.45) is 8.63. The van der Waals surface area contributed by atoms with Gasteiger partial charge in [0.1, 0.15) is 0 Å². The maximum Gasteiger partial charge on any atom is 0.0146 e. The summed E-state index contributed by atoms with van der Waals surface area (Å²) in [5, 5.41) is 3.30. The van der Waals surface area contributed by atoms with Crippen molar-refractivity contribution in [1.82, 2.24) is 5.32 Å². The first kappa shape index (κ1) is 9.63. The fourth-order valence-corrected chi connectivity index (χ4v) is 1.97. The first-order valence-electron chi connectivity index (χ1n) is 5.18. The molecule has 0 aromatic carbocycles. The van der Waals surface area contributed by atoms with Gasteiger partial charge in [0.25, 0.3) is 0 Å². The van der Waals surface area contributed by atoms with E-state index in [1.165, 1.54) is 38.5 Å². The van der Waals surface area contributed by atoms with Gasteiger partial charge >= 0.3 is 0 Å². The Hall–Kier alpha value is -0.460. The number of hydrogen-bond donors (Lipinski definition) is 1. The molecule has 70 valence electrons. The largest absolute Gasteiger partial charge is 0.389 e. The second kappa shape index (κ2) is 5.23. The van der Waals surface area contributed by atoms with Crippen LogP contribution in [0.5, 0.6) is 0 Å². The Morgan fingerprint density at radius 3 is 2.58 bits per heavy atom. The van der Waals surface area contributed by atoms with Crippen molar-refractivity contribution in [3.8, 4) is 0 Å². The van der Waals surface area contributed by atoms with Crippen molar-refractivity contribution < 1.29 is 0 Å². The lowest BCUT2D eigenvalue weighted by atomic mass is 9.87. The summed E-state index contributed by atoms with van der Waals surface area (Å²) in [5.74, 6) is 0.991. The Morgan fingerprint density at radius 1 is 1.33 bits per heavy atom. The van der Waals surface area contributed by atoms with Crippen molar-refractivity contribution in [1.29, 1.82) is 0 Å². The van der Waals surface area contributed by atoms with E-state index in [0.29, 0.717) is 0 Å². The fraction of sp³-hybridized carbons (Fsp3) is 0.818. The second-order valence-corrected chi connectivity index (χ2v) is 4.00. The van der Waals surface area contributed by atoms with Crippen molar-refractivity contribution in [2.45, 2.75) is 45.4 Å². The van der Waals surface area contributed by atoms with Crippen LogP contribution >= 0.6 is 0 Å². The summed E-state index contributed by atoms with van der Waals surface area (Å²) in [7, 11) is 0. The van der Waals surface area contributed by atoms with Gasteiger partial charge in [-0.05, 0) is 19.3 Å². The Balaban J connectivity index is 2.01. The van der Waals surface area contributed by atoms with Crippen molar-refractivity contribution in [3.05, 3.63) is 12.3 Å². The lowest BCUT2D eigenvalue weighted by Crippen LogP contribution is -2.17. The van der Waals surface area contributed by atoms with Gasteiger partial charge in [-0.1, -0.05) is 38.7 Å². The first-order chi connectivity index (χ1) is 5.79. The maximum absolute atomic E-state index is 3.83. The van der Waals surface area contributed by atoms with Crippen LogP contribution < -0.4 is 5.32 Å². The van der Waals surface area contributed by atoms with Gasteiger partial charge in [0.05, 0.1) is 0 Å². The van der Waals surface area contributed by atoms with Gasteiger partial charge in [-0.25, -0.2) is 0 Å². The molecule has 0 aliphatic heterocycles. The minimum atomic E-state index is 0.991. The molecule has 0 heterocycles. The van der Waals surface area contributed by atoms with Crippen LogP contribution in [0.4, 0.5) is 0 Å². The van der Waals surface area contributed by atoms with Crippen LogP contribution in [0.25, 0.3) is 0 Å². The zero-order valence-corrected chi connectivity index (χ0v) is 8.23. The van der Waals surface area contributed by atoms with E-state index in [0.717, 1.165) is 18.2 Å². The van der Waals surface area contributed by atoms with Gasteiger partial charge < -0.3 is 5.32 Å². The highest BCUT2D eigenvalue weighted by molar-refractivity contribution is 4.84. The molecule has 1 aliphatic rings. The lowest BCUT2D eigenvalue weighted by molar-refractivity contribution is 0.337. The standard InChI is InChI=1S/C11H21N/c1-10(2)12-9-8-11-6-4-3-5-7-11/h11-12H,1,3-9H2,2H3. The van der Waals surface area contributed by atoms with Gasteiger partial charge in [-0.3, -0.25) is 0 Å². The third kappa shape index (κ3) is 3.80. The fourth-order valence-electron chi connectivity index (χ4n) is 1.97. The molecule has 0 atom stereocenters. The minimum absolute atomic E-state index is 0.991. The van der Waals surface area contributed by atoms with E-state index in [2.05, 4.69) is 11.9 Å². The van der Waals surface area contributed by atoms with E-state index in [4.69, 9.17) is 0 Å². The highest BCUT2D eigenvalue weighted by Crippen LogP contribution is 2.25. The molecule has 0 unspecified atom stereocenters. The van der Waals surface area contributed by atoms with Crippen LogP contribution in [0.1, 0.15) is 45.4 Å². The highest BCUT2D eigenvalue weighted by Gasteiger charge is 2.12. The zero-order valence-electron chi connectivity index (χ0n) is 8.23. The number of allylic oxidation sites excluding steroid dienone is 1. The molecule has 1 nitrogen and oxygen atoms in total. The molecule has 1 fully saturated rings. The van der Waals surface area contributed by atoms with Crippen LogP contribution in [0, 0.1) is 5.92 Å². The molecule has 1 saturated carbocycles. The van der Waals surface area contributed by atoms with Crippen LogP contribution in [0.2, 0.25) is 0 Å². The molecule has 0 bridgehead atoms. The predicted molar refractivity (Wildman–Crippen MR) is 54.0 cm³/mol. The van der Waals surface area contributed by atoms with Crippen molar-refractivity contribution in [2.75, 3.05) is 6.54 Å². The van der Waals surface area contributed by atoms with Crippen molar-refractivity contribution in [2.24, 2.45) is 5.92 Å². The molecule has 0 amide bonds. The SMILES string of the molecule is C=C(C)NCCC1CCCCC1. The second-order valence-electron chi connectivity index (χ2n) is 4.00. The molecule has 0 aromatic rings. The number of nitrogens with one attached hydrogen (secondary N) is 1. The van der Waals surface area contributed by atoms with E-state index in [1.807, 2.05) is 6.92 Å². The molecule has 1 heteroatoms. The van der Waals surface area contributed by atoms with E-state index in [9.17, 15) is 0 Å². The molecular formula is C11H21N. The van der Waals surface area contributed by atoms with E-state index in [-0.39, 0.29) is 0 Å². The Kier molecular flexibility index (Phi) is 4.20. The minimum Gasteiger partial charge on any atom is -0.389 e. The van der Waals surface area contributed by atoms with Crippen molar-refractivity contribution in [3.63, 3.8) is 0 Å². The van der Waals surface area contributed by atoms with Gasteiger partial charge in [0.2, 0.25) is 0 Å². The highest BCUT2D eigenvalue weighted by atomic mass is 14.9. The van der Waals surface area contributed by atoms with Gasteiger partial charge in [0.15, 0.2) is 0 Å². The third-order valence-corrected chi connectivity index (χ3v) is 2.70. The maximum atomic E-state index is 3.83. The molecule has 0 spiro atoms. The van der Waals surface area contributed by atoms with E-state index < -0.39 is 0 Å². The molecule has 1 N–H and O–H groups in total. The van der Waals surface area contributed by atoms with Crippen LogP contribution in [-0.4, -0.2) is 6.54 Å². The topological polar surface area (TPSA) is 12.0 Å². The normalized spacial score (nSPS) is 19.1. The van der Waals surface area contributed by atoms with Crippen LogP contribution in [0.3, 0.4) is 0 Å². The number of hydrogen-bond acceptors (Lipinski definition) is 1. The van der Waals surface area contributed by atoms with Gasteiger partial charge in [-0.2, -0.15) is 0 Å². The van der Waals surface area contributed by atoms with Gasteiger partial charge in [0, 0.05) is 12.2 Å². The molecule has 0 aromatic heterocycles. The molecule has 1 rings (SSSR count). The summed E-state index contributed by atoms with van der Waals surface area (Å²) in [4.78, 5) is 0. The monoisotopic (exact) mass is 167 g/mol. The Labute approximate surface area is 76.2 Å². The zero-order chi connectivity index (χ0) is 8.81. The lowest BCUT2D eigenvalue weighted by Gasteiger charge is -2.21. The van der Waals surface area contributed by atoms with Crippen molar-refractivity contribution >= 4 is 0 Å². The smallest absolute Gasteiger partial charge is 0.0146 e. The Bertz CT molecular complexity index is 134. The summed E-state index contributed by atoms with van der Waals surface area (Å²) in [6.45, 7) is 6.98. The summed E-state index contributed by atoms with van der Waals surface area (Å²) in [6, 6.07) is 0. The predicted octanol–water partition coefficient (Wildman–Crippen LogP) is 3.08. The van der Waals surface area contributed by atoms with Crippen LogP contribution in [0.15, 0.2) is 12.3 Å². The summed E-state index contributed by atoms with van der Waals surface area (Å²) < 4.78 is 0. The van der Waals surface area contributed by atoms with Crippen LogP contribution in [-0.2, 0) is 0 Å². The quantitative estimate of drug-likeness (QED) is 0.678. The van der Waals surface area contributed by atoms with Gasteiger partial charge in [-0.15, -0.1) is 0 Å². The first-order valence-corrected chi connectivity index (χ1v) is 5.18. The average molecular weight is 167 g/mol. The molecule has 0 saturated heterocycles. The third-order valence-electron chi connectivity index (χ3n) is 2.70. The molecule has 0 radical (unpaired) electrons. The Morgan fingerprint density at radius 2 is 2.00 bits per heavy atom. The molecule has 12 heavy (non-hydrogen) atoms.